The summed E-state index contributed by atoms with van der Waals surface area (Å²) in [5.74, 6) is 0.125. The summed E-state index contributed by atoms with van der Waals surface area (Å²) in [6.45, 7) is 5.71. The third kappa shape index (κ3) is 3.01. The number of aromatic amines is 1. The van der Waals surface area contributed by atoms with Crippen molar-refractivity contribution < 1.29 is 4.79 Å². The van der Waals surface area contributed by atoms with Crippen LogP contribution in [0.15, 0.2) is 39.1 Å². The summed E-state index contributed by atoms with van der Waals surface area (Å²) in [6.07, 6.45) is 0.499. The van der Waals surface area contributed by atoms with Crippen molar-refractivity contribution in [1.82, 2.24) is 14.8 Å². The lowest BCUT2D eigenvalue weighted by Crippen LogP contribution is -2.19. The molecule has 0 fully saturated rings. The maximum Gasteiger partial charge on any atom is 0.344 e. The minimum absolute atomic E-state index is 0.0460. The molecule has 0 aliphatic rings. The number of carbonyl (C=O) groups excluding carboxylic acids is 1. The molecule has 0 saturated carbocycles. The quantitative estimate of drug-likeness (QED) is 0.860. The highest BCUT2D eigenvalue weighted by atomic mass is 32.2. The van der Waals surface area contributed by atoms with Crippen molar-refractivity contribution in [2.75, 3.05) is 0 Å². The van der Waals surface area contributed by atoms with Gasteiger partial charge in [-0.25, -0.2) is 9.89 Å². The Morgan fingerprint density at radius 2 is 2.00 bits per heavy atom. The van der Waals surface area contributed by atoms with Crippen LogP contribution in [0.1, 0.15) is 43.6 Å². The van der Waals surface area contributed by atoms with E-state index < -0.39 is 0 Å². The third-order valence-electron chi connectivity index (χ3n) is 2.90. The molecule has 5 nitrogen and oxygen atoms in total. The topological polar surface area (TPSA) is 67.8 Å². The maximum absolute atomic E-state index is 11.6. The van der Waals surface area contributed by atoms with Gasteiger partial charge in [0.2, 0.25) is 0 Å². The molecule has 2 rings (SSSR count). The number of carbonyl (C=O) groups is 1. The molecule has 20 heavy (non-hydrogen) atoms. The number of hydrogen-bond donors (Lipinski definition) is 1. The number of hydrogen-bond acceptors (Lipinski definition) is 4. The number of benzene rings is 1. The van der Waals surface area contributed by atoms with Crippen molar-refractivity contribution in [3.8, 4) is 0 Å². The Morgan fingerprint density at radius 3 is 2.55 bits per heavy atom. The fourth-order valence-electron chi connectivity index (χ4n) is 1.84. The van der Waals surface area contributed by atoms with Crippen LogP contribution in [-0.4, -0.2) is 20.5 Å². The molecule has 1 N–H and O–H groups in total. The second-order valence-corrected chi connectivity index (χ2v) is 5.72. The lowest BCUT2D eigenvalue weighted by molar-refractivity contribution is 0.0988. The van der Waals surface area contributed by atoms with E-state index in [0.717, 1.165) is 4.90 Å². The van der Waals surface area contributed by atoms with E-state index in [2.05, 4.69) is 10.2 Å². The molecule has 106 valence electrons. The zero-order valence-electron chi connectivity index (χ0n) is 11.7. The molecule has 0 amide bonds. The lowest BCUT2D eigenvalue weighted by atomic mass is 10.1. The van der Waals surface area contributed by atoms with Gasteiger partial charge in [0.05, 0.1) is 0 Å². The van der Waals surface area contributed by atoms with Crippen LogP contribution in [0.5, 0.6) is 0 Å². The van der Waals surface area contributed by atoms with Crippen molar-refractivity contribution in [2.24, 2.45) is 0 Å². The average molecular weight is 291 g/mol. The van der Waals surface area contributed by atoms with E-state index in [1.807, 2.05) is 32.9 Å². The van der Waals surface area contributed by atoms with Crippen molar-refractivity contribution in [3.63, 3.8) is 0 Å². The van der Waals surface area contributed by atoms with Gasteiger partial charge in [-0.2, -0.15) is 0 Å². The zero-order chi connectivity index (χ0) is 14.7. The lowest BCUT2D eigenvalue weighted by Gasteiger charge is -2.08. The van der Waals surface area contributed by atoms with E-state index in [-0.39, 0.29) is 17.5 Å². The fraction of sp³-hybridized carbons (Fsp3) is 0.357. The van der Waals surface area contributed by atoms with Crippen LogP contribution in [0, 0.1) is 0 Å². The molecule has 0 radical (unpaired) electrons. The highest BCUT2D eigenvalue weighted by Crippen LogP contribution is 2.26. The van der Waals surface area contributed by atoms with Crippen molar-refractivity contribution in [2.45, 2.75) is 43.3 Å². The Bertz CT molecular complexity index is 656. The molecule has 1 aromatic carbocycles. The fourth-order valence-corrected chi connectivity index (χ4v) is 2.80. The van der Waals surface area contributed by atoms with E-state index in [1.165, 1.54) is 11.8 Å². The number of nitrogens with zero attached hydrogens (tertiary/aromatic N) is 2. The summed E-state index contributed by atoms with van der Waals surface area (Å²) in [7, 11) is 0. The Morgan fingerprint density at radius 1 is 1.35 bits per heavy atom. The number of rotatable bonds is 5. The molecule has 0 unspecified atom stereocenters. The third-order valence-corrected chi connectivity index (χ3v) is 3.87. The zero-order valence-corrected chi connectivity index (χ0v) is 12.5. The first-order valence-electron chi connectivity index (χ1n) is 6.51. The van der Waals surface area contributed by atoms with Crippen LogP contribution in [-0.2, 0) is 0 Å². The molecule has 0 bridgehead atoms. The number of nitrogens with one attached hydrogen (secondary N) is 1. The van der Waals surface area contributed by atoms with Gasteiger partial charge in [0, 0.05) is 22.9 Å². The minimum Gasteiger partial charge on any atom is -0.294 e. The number of aromatic nitrogens is 3. The van der Waals surface area contributed by atoms with Crippen LogP contribution in [0.2, 0.25) is 0 Å². The molecule has 6 heteroatoms. The largest absolute Gasteiger partial charge is 0.344 e. The minimum atomic E-state index is -0.208. The Hall–Kier alpha value is -1.82. The van der Waals surface area contributed by atoms with E-state index in [1.54, 1.807) is 16.7 Å². The Labute approximate surface area is 121 Å². The van der Waals surface area contributed by atoms with Crippen LogP contribution in [0.3, 0.4) is 0 Å². The number of Topliss-reactive ketones (excluding diaryl/α,β-unsaturated/α-hetero) is 1. The second kappa shape index (κ2) is 6.09. The molecular weight excluding hydrogens is 274 g/mol. The first-order chi connectivity index (χ1) is 9.52. The van der Waals surface area contributed by atoms with Gasteiger partial charge in [-0.1, -0.05) is 19.1 Å². The number of H-pyrrole nitrogens is 1. The van der Waals surface area contributed by atoms with E-state index >= 15 is 0 Å². The van der Waals surface area contributed by atoms with E-state index in [4.69, 9.17) is 0 Å². The molecule has 0 aliphatic heterocycles. The van der Waals surface area contributed by atoms with Gasteiger partial charge in [0.1, 0.15) is 0 Å². The maximum atomic E-state index is 11.6. The van der Waals surface area contributed by atoms with Gasteiger partial charge in [-0.05, 0) is 37.7 Å². The van der Waals surface area contributed by atoms with Gasteiger partial charge >= 0.3 is 5.69 Å². The molecule has 0 spiro atoms. The summed E-state index contributed by atoms with van der Waals surface area (Å²) in [5, 5.41) is 7.11. The van der Waals surface area contributed by atoms with Crippen molar-refractivity contribution in [3.05, 3.63) is 40.3 Å². The van der Waals surface area contributed by atoms with Crippen molar-refractivity contribution >= 4 is 17.5 Å². The van der Waals surface area contributed by atoms with E-state index in [0.29, 0.717) is 17.1 Å². The summed E-state index contributed by atoms with van der Waals surface area (Å²) in [6, 6.07) is 7.40. The van der Waals surface area contributed by atoms with E-state index in [9.17, 15) is 9.59 Å². The predicted molar refractivity (Wildman–Crippen MR) is 78.4 cm³/mol. The SMILES string of the molecule is CCC(=O)c1ccc(Sc2n[nH]c(=O)n2C(C)C)cc1. The molecule has 0 saturated heterocycles. The summed E-state index contributed by atoms with van der Waals surface area (Å²) in [4.78, 5) is 24.1. The first kappa shape index (κ1) is 14.6. The smallest absolute Gasteiger partial charge is 0.294 e. The molecular formula is C14H17N3O2S. The van der Waals surface area contributed by atoms with Crippen molar-refractivity contribution in [1.29, 1.82) is 0 Å². The van der Waals surface area contributed by atoms with Crippen LogP contribution in [0.25, 0.3) is 0 Å². The Balaban J connectivity index is 2.23. The standard InChI is InChI=1S/C14H17N3O2S/c1-4-12(18)10-5-7-11(8-6-10)20-14-16-15-13(19)17(14)9(2)3/h5-9H,4H2,1-3H3,(H,15,19). The molecule has 1 heterocycles. The summed E-state index contributed by atoms with van der Waals surface area (Å²) >= 11 is 1.40. The van der Waals surface area contributed by atoms with Crippen LogP contribution in [0.4, 0.5) is 0 Å². The highest BCUT2D eigenvalue weighted by molar-refractivity contribution is 7.99. The first-order valence-corrected chi connectivity index (χ1v) is 7.32. The normalized spacial score (nSPS) is 11.0. The molecule has 0 aliphatic carbocycles. The Kier molecular flexibility index (Phi) is 4.44. The van der Waals surface area contributed by atoms with Gasteiger partial charge in [-0.3, -0.25) is 9.36 Å². The highest BCUT2D eigenvalue weighted by Gasteiger charge is 2.12. The summed E-state index contributed by atoms with van der Waals surface area (Å²) < 4.78 is 1.61. The number of ketones is 1. The second-order valence-electron chi connectivity index (χ2n) is 4.68. The van der Waals surface area contributed by atoms with Crippen LogP contribution >= 0.6 is 11.8 Å². The van der Waals surface area contributed by atoms with Gasteiger partial charge in [0.25, 0.3) is 0 Å². The van der Waals surface area contributed by atoms with Gasteiger partial charge in [0.15, 0.2) is 10.9 Å². The monoisotopic (exact) mass is 291 g/mol. The van der Waals surface area contributed by atoms with Gasteiger partial charge < -0.3 is 0 Å². The summed E-state index contributed by atoms with van der Waals surface area (Å²) in [5.41, 5.74) is 0.500. The average Bonchev–Trinajstić information content (AvgIpc) is 2.79. The predicted octanol–water partition coefficient (Wildman–Crippen LogP) is 2.90. The molecule has 0 atom stereocenters. The molecule has 2 aromatic rings. The molecule has 1 aromatic heterocycles. The van der Waals surface area contributed by atoms with Gasteiger partial charge in [-0.15, -0.1) is 5.10 Å². The van der Waals surface area contributed by atoms with Crippen LogP contribution < -0.4 is 5.69 Å².